The van der Waals surface area contributed by atoms with Crippen LogP contribution in [0.2, 0.25) is 0 Å². The van der Waals surface area contributed by atoms with Crippen molar-refractivity contribution in [3.63, 3.8) is 0 Å². The molecule has 0 aliphatic carbocycles. The lowest BCUT2D eigenvalue weighted by atomic mass is 9.91. The Morgan fingerprint density at radius 1 is 1.19 bits per heavy atom. The molecule has 4 atom stereocenters. The Balaban J connectivity index is 1.74. The molecular formula is C19H29NO5S. The van der Waals surface area contributed by atoms with E-state index in [-0.39, 0.29) is 23.7 Å². The first-order chi connectivity index (χ1) is 12.4. The normalized spacial score (nSPS) is 37.3. The van der Waals surface area contributed by atoms with Crippen molar-refractivity contribution in [1.82, 2.24) is 5.32 Å². The van der Waals surface area contributed by atoms with E-state index in [1.165, 1.54) is 6.42 Å². The van der Waals surface area contributed by atoms with Gasteiger partial charge in [0.25, 0.3) is 5.24 Å². The van der Waals surface area contributed by atoms with E-state index < -0.39 is 17.9 Å². The summed E-state index contributed by atoms with van der Waals surface area (Å²) >= 11 is 1.15. The van der Waals surface area contributed by atoms with E-state index in [1.807, 2.05) is 6.92 Å². The summed E-state index contributed by atoms with van der Waals surface area (Å²) in [4.78, 5) is 23.8. The number of esters is 1. The van der Waals surface area contributed by atoms with E-state index >= 15 is 0 Å². The van der Waals surface area contributed by atoms with Crippen molar-refractivity contribution in [2.24, 2.45) is 0 Å². The van der Waals surface area contributed by atoms with Gasteiger partial charge in [-0.05, 0) is 26.2 Å². The van der Waals surface area contributed by atoms with Gasteiger partial charge in [-0.2, -0.15) is 0 Å². The number of carbonyl (C=O) groups excluding carboxylic acids is 2. The minimum absolute atomic E-state index is 0.150. The molecule has 0 aromatic carbocycles. The average Bonchev–Trinajstić information content (AvgIpc) is 3.00. The smallest absolute Gasteiger partial charge is 0.330 e. The average molecular weight is 384 g/mol. The Kier molecular flexibility index (Phi) is 6.64. The van der Waals surface area contributed by atoms with Crippen molar-refractivity contribution in [2.75, 3.05) is 5.75 Å². The molecule has 2 unspecified atom stereocenters. The second kappa shape index (κ2) is 8.76. The topological polar surface area (TPSA) is 84.9 Å². The highest BCUT2D eigenvalue weighted by Gasteiger charge is 2.49. The molecule has 3 aliphatic rings. The Morgan fingerprint density at radius 3 is 2.73 bits per heavy atom. The summed E-state index contributed by atoms with van der Waals surface area (Å²) in [7, 11) is 0. The minimum atomic E-state index is -1.48. The van der Waals surface area contributed by atoms with E-state index in [4.69, 9.17) is 9.47 Å². The van der Waals surface area contributed by atoms with Gasteiger partial charge < -0.3 is 19.9 Å². The molecule has 146 valence electrons. The van der Waals surface area contributed by atoms with Crippen molar-refractivity contribution < 1.29 is 24.2 Å². The largest absolute Gasteiger partial charge is 0.459 e. The van der Waals surface area contributed by atoms with Crippen LogP contribution in [0.1, 0.15) is 64.7 Å². The van der Waals surface area contributed by atoms with E-state index in [1.54, 1.807) is 6.08 Å². The van der Waals surface area contributed by atoms with Gasteiger partial charge in [0, 0.05) is 24.7 Å². The number of carbonyl (C=O) groups is 2. The minimum Gasteiger partial charge on any atom is -0.459 e. The molecular weight excluding hydrogens is 354 g/mol. The monoisotopic (exact) mass is 383 g/mol. The quantitative estimate of drug-likeness (QED) is 0.676. The second-order valence-electron chi connectivity index (χ2n) is 7.68. The maximum Gasteiger partial charge on any atom is 0.330 e. The molecule has 0 spiro atoms. The van der Waals surface area contributed by atoms with Crippen LogP contribution in [-0.4, -0.2) is 46.1 Å². The van der Waals surface area contributed by atoms with Gasteiger partial charge in [0.1, 0.15) is 6.10 Å². The molecule has 2 N–H and O–H groups in total. The summed E-state index contributed by atoms with van der Waals surface area (Å²) < 4.78 is 11.7. The van der Waals surface area contributed by atoms with Crippen LogP contribution in [0, 0.1) is 0 Å². The third-order valence-corrected chi connectivity index (χ3v) is 6.26. The van der Waals surface area contributed by atoms with Gasteiger partial charge in [-0.25, -0.2) is 4.79 Å². The van der Waals surface area contributed by atoms with Gasteiger partial charge in [-0.1, -0.05) is 43.0 Å². The van der Waals surface area contributed by atoms with Gasteiger partial charge in [0.2, 0.25) is 0 Å². The Bertz CT molecular complexity index is 566. The van der Waals surface area contributed by atoms with Gasteiger partial charge in [0.15, 0.2) is 5.79 Å². The maximum atomic E-state index is 12.3. The van der Waals surface area contributed by atoms with Crippen LogP contribution in [-0.2, 0) is 14.3 Å². The Hall–Kier alpha value is -1.05. The van der Waals surface area contributed by atoms with Crippen molar-refractivity contribution in [3.8, 4) is 0 Å². The second-order valence-corrected chi connectivity index (χ2v) is 8.67. The predicted octanol–water partition coefficient (Wildman–Crippen LogP) is 3.28. The number of amides is 1. The molecule has 0 radical (unpaired) electrons. The molecule has 1 amide bonds. The zero-order chi connectivity index (χ0) is 18.6. The maximum absolute atomic E-state index is 12.3. The van der Waals surface area contributed by atoms with Gasteiger partial charge in [-0.3, -0.25) is 4.79 Å². The first-order valence-corrected chi connectivity index (χ1v) is 10.6. The van der Waals surface area contributed by atoms with Crippen molar-refractivity contribution in [2.45, 2.75) is 88.7 Å². The number of fused-ring (bicyclic) bond motifs is 2. The zero-order valence-electron chi connectivity index (χ0n) is 15.4. The fraction of sp³-hybridized carbons (Fsp3) is 0.789. The molecule has 3 aliphatic heterocycles. The van der Waals surface area contributed by atoms with Crippen LogP contribution in [0.3, 0.4) is 0 Å². The number of thioether (sulfide) groups is 1. The van der Waals surface area contributed by atoms with E-state index in [0.29, 0.717) is 12.2 Å². The molecule has 2 bridgehead atoms. The van der Waals surface area contributed by atoms with Crippen LogP contribution in [0.5, 0.6) is 0 Å². The molecule has 7 heteroatoms. The molecule has 0 aromatic heterocycles. The third kappa shape index (κ3) is 5.24. The van der Waals surface area contributed by atoms with Crippen molar-refractivity contribution in [3.05, 3.63) is 11.6 Å². The van der Waals surface area contributed by atoms with E-state index in [0.717, 1.165) is 55.9 Å². The molecule has 2 saturated heterocycles. The first kappa shape index (κ1) is 19.7. The van der Waals surface area contributed by atoms with E-state index in [2.05, 4.69) is 5.32 Å². The summed E-state index contributed by atoms with van der Waals surface area (Å²) in [6.07, 6.45) is 9.13. The van der Waals surface area contributed by atoms with Gasteiger partial charge >= 0.3 is 5.97 Å². The molecule has 6 nitrogen and oxygen atoms in total. The summed E-state index contributed by atoms with van der Waals surface area (Å²) in [6.45, 7) is 1.96. The fourth-order valence-corrected chi connectivity index (χ4v) is 4.87. The number of allylic oxidation sites excluding steroid dienone is 1. The number of rotatable bonds is 1. The first-order valence-electron chi connectivity index (χ1n) is 9.66. The molecule has 0 saturated carbocycles. The number of aliphatic hydroxyl groups is 1. The Morgan fingerprint density at radius 2 is 1.96 bits per heavy atom. The summed E-state index contributed by atoms with van der Waals surface area (Å²) in [5.74, 6) is -1.37. The lowest BCUT2D eigenvalue weighted by molar-refractivity contribution is -0.283. The molecule has 26 heavy (non-hydrogen) atoms. The highest BCUT2D eigenvalue weighted by Crippen LogP contribution is 2.36. The van der Waals surface area contributed by atoms with Gasteiger partial charge in [-0.15, -0.1) is 0 Å². The van der Waals surface area contributed by atoms with Crippen LogP contribution in [0.25, 0.3) is 0 Å². The van der Waals surface area contributed by atoms with Crippen LogP contribution >= 0.6 is 11.8 Å². The number of nitrogens with one attached hydrogen (secondary N) is 1. The third-order valence-electron chi connectivity index (χ3n) is 5.38. The predicted molar refractivity (Wildman–Crippen MR) is 99.8 cm³/mol. The van der Waals surface area contributed by atoms with Crippen molar-refractivity contribution >= 4 is 23.0 Å². The molecule has 3 heterocycles. The van der Waals surface area contributed by atoms with Crippen LogP contribution < -0.4 is 5.32 Å². The molecule has 0 aromatic rings. The number of ether oxygens (including phenoxy) is 2. The number of hydrogen-bond acceptors (Lipinski definition) is 6. The van der Waals surface area contributed by atoms with E-state index in [9.17, 15) is 14.7 Å². The highest BCUT2D eigenvalue weighted by atomic mass is 32.2. The fourth-order valence-electron chi connectivity index (χ4n) is 3.98. The molecule has 2 fully saturated rings. The highest BCUT2D eigenvalue weighted by molar-refractivity contribution is 8.14. The van der Waals surface area contributed by atoms with Crippen molar-refractivity contribution in [1.29, 1.82) is 0 Å². The van der Waals surface area contributed by atoms with Gasteiger partial charge in [0.05, 0.1) is 12.1 Å². The summed E-state index contributed by atoms with van der Waals surface area (Å²) in [5.41, 5.74) is 1.03. The lowest BCUT2D eigenvalue weighted by Crippen LogP contribution is -2.58. The van der Waals surface area contributed by atoms with Crippen LogP contribution in [0.4, 0.5) is 4.79 Å². The lowest BCUT2D eigenvalue weighted by Gasteiger charge is -2.43. The SMILES string of the molecule is CC1=CC(=O)OC2C[C@@H](CCCCCCC1)O[C@@](O)(C1CSC(=O)N1)C2. The summed E-state index contributed by atoms with van der Waals surface area (Å²) in [5, 5.41) is 13.7. The Labute approximate surface area is 159 Å². The summed E-state index contributed by atoms with van der Waals surface area (Å²) in [6, 6.07) is -0.472. The standard InChI is InChI=1S/C19H29NO5S/c1-13-7-5-3-2-4-6-8-14-10-15(24-17(21)9-13)11-19(23,25-14)16-12-26-18(22)20-16/h9,14-16,23H,2-8,10-12H2,1H3,(H,20,22)/t14-,15?,16?,19-/m1/s1. The number of hydrogen-bond donors (Lipinski definition) is 2. The van der Waals surface area contributed by atoms with Crippen LogP contribution in [0.15, 0.2) is 11.6 Å². The molecule has 3 rings (SSSR count). The zero-order valence-corrected chi connectivity index (χ0v) is 16.2.